The summed E-state index contributed by atoms with van der Waals surface area (Å²) >= 11 is 6.75. The first-order valence-corrected chi connectivity index (χ1v) is 18.7. The lowest BCUT2D eigenvalue weighted by Crippen LogP contribution is -3.00. The summed E-state index contributed by atoms with van der Waals surface area (Å²) in [5.74, 6) is 0. The van der Waals surface area contributed by atoms with Gasteiger partial charge in [0.2, 0.25) is 22.0 Å². The zero-order valence-electron chi connectivity index (χ0n) is 28.0. The van der Waals surface area contributed by atoms with Crippen molar-refractivity contribution in [2.45, 2.75) is 0 Å². The quantitative estimate of drug-likeness (QED) is 0.184. The highest BCUT2D eigenvalue weighted by Crippen LogP contribution is 2.39. The largest absolute Gasteiger partial charge is 1.00 e. The van der Waals surface area contributed by atoms with Crippen LogP contribution in [0.15, 0.2) is 138 Å². The molecule has 5 aliphatic rings. The van der Waals surface area contributed by atoms with Gasteiger partial charge in [-0.15, -0.1) is 0 Å². The van der Waals surface area contributed by atoms with Crippen molar-refractivity contribution in [3.63, 3.8) is 0 Å². The van der Waals surface area contributed by atoms with Crippen LogP contribution in [-0.2, 0) is 28.2 Å². The highest BCUT2D eigenvalue weighted by atomic mass is 35.5. The average molecular weight is 843 g/mol. The van der Waals surface area contributed by atoms with Crippen molar-refractivity contribution in [1.82, 2.24) is 0 Å². The maximum Gasteiger partial charge on any atom is 0.225 e. The standard InChI is InChI=1S/C36H28N8S4.4ClH/c1-41-13-29(45-17-41)33-21-5-7-23(37-21)34(30-14-42(2)18-46-30)25-9-11-27(39-25)36(32-16-44(4)20-48-32)28-12-10-26(40-28)35(24-8-6-22(33)38-24)31-15-43(3)19-47-31;;;;/h5-20H,1-4H3;4*1H/q+4;;;;/p-4. The summed E-state index contributed by atoms with van der Waals surface area (Å²) in [5, 5.41) is 0. The molecule has 0 spiro atoms. The minimum Gasteiger partial charge on any atom is -1.00 e. The first-order valence-electron chi connectivity index (χ1n) is 15.2. The van der Waals surface area contributed by atoms with Gasteiger partial charge >= 0.3 is 0 Å². The van der Waals surface area contributed by atoms with Gasteiger partial charge in [0, 0.05) is 22.3 Å². The third-order valence-corrected chi connectivity index (χ3v) is 12.3. The molecule has 9 heterocycles. The summed E-state index contributed by atoms with van der Waals surface area (Å²) in [6.07, 6.45) is 25.5. The Morgan fingerprint density at radius 3 is 0.731 bits per heavy atom. The van der Waals surface area contributed by atoms with Gasteiger partial charge in [0.1, 0.15) is 47.7 Å². The van der Waals surface area contributed by atoms with Gasteiger partial charge in [-0.3, -0.25) is 0 Å². The number of aliphatic imine (C=N–C) groups is 4. The van der Waals surface area contributed by atoms with Crippen LogP contribution in [0.3, 0.4) is 0 Å². The number of thiazole rings is 4. The molecule has 52 heavy (non-hydrogen) atoms. The Morgan fingerprint density at radius 2 is 0.558 bits per heavy atom. The molecule has 4 aromatic rings. The fourth-order valence-corrected chi connectivity index (χ4v) is 9.71. The molecule has 0 unspecified atom stereocenters. The molecule has 0 aromatic carbocycles. The van der Waals surface area contributed by atoms with Crippen LogP contribution in [0.5, 0.6) is 0 Å². The summed E-state index contributed by atoms with van der Waals surface area (Å²) < 4.78 is 8.33. The Hall–Kier alpha value is -3.72. The van der Waals surface area contributed by atoms with Crippen molar-refractivity contribution in [2.24, 2.45) is 48.2 Å². The van der Waals surface area contributed by atoms with Gasteiger partial charge in [-0.25, -0.2) is 20.0 Å². The number of halogens is 4. The molecule has 0 fully saturated rings. The third-order valence-electron chi connectivity index (χ3n) is 8.26. The van der Waals surface area contributed by atoms with Gasteiger partial charge in [0.05, 0.1) is 45.6 Å². The second-order valence-electron chi connectivity index (χ2n) is 11.9. The Bertz CT molecular complexity index is 2160. The Kier molecular flexibility index (Phi) is 11.9. The normalized spacial score (nSPS) is 16.8. The van der Waals surface area contributed by atoms with Crippen LogP contribution in [-0.4, -0.2) is 22.8 Å². The van der Waals surface area contributed by atoms with E-state index in [0.717, 1.165) is 87.4 Å². The second kappa shape index (κ2) is 15.7. The van der Waals surface area contributed by atoms with Crippen molar-refractivity contribution >= 4 is 90.5 Å². The molecule has 0 amide bonds. The smallest absolute Gasteiger partial charge is 0.225 e. The molecule has 9 rings (SSSR count). The maximum absolute atomic E-state index is 5.33. The molecule has 264 valence electrons. The van der Waals surface area contributed by atoms with Crippen LogP contribution in [0.2, 0.25) is 0 Å². The minimum absolute atomic E-state index is 0. The number of aryl methyl sites for hydroxylation is 4. The van der Waals surface area contributed by atoms with E-state index >= 15 is 0 Å². The van der Waals surface area contributed by atoms with Gasteiger partial charge in [-0.05, 0) is 48.6 Å². The van der Waals surface area contributed by atoms with Crippen LogP contribution in [0.1, 0.15) is 19.5 Å². The number of hydrogen-bond donors (Lipinski definition) is 0. The Balaban J connectivity index is 0.00000131. The maximum atomic E-state index is 5.33. The molecule has 16 heteroatoms. The number of aromatic nitrogens is 4. The number of allylic oxidation sites excluding steroid dienone is 12. The molecule has 8 bridgehead atoms. The summed E-state index contributed by atoms with van der Waals surface area (Å²) in [6, 6.07) is 0. The molecule has 5 aliphatic heterocycles. The Morgan fingerprint density at radius 1 is 0.346 bits per heavy atom. The molecule has 0 radical (unpaired) electrons. The zero-order valence-corrected chi connectivity index (χ0v) is 34.2. The lowest BCUT2D eigenvalue weighted by atomic mass is 10.1. The molecule has 0 N–H and O–H groups in total. The van der Waals surface area contributed by atoms with E-state index in [1.165, 1.54) is 0 Å². The number of hydrogen-bond acceptors (Lipinski definition) is 8. The van der Waals surface area contributed by atoms with E-state index in [4.69, 9.17) is 20.0 Å². The van der Waals surface area contributed by atoms with Crippen molar-refractivity contribution in [3.05, 3.63) is 138 Å². The van der Waals surface area contributed by atoms with Gasteiger partial charge in [0.15, 0.2) is 24.8 Å². The highest BCUT2D eigenvalue weighted by molar-refractivity contribution is 7.12. The van der Waals surface area contributed by atoms with E-state index in [1.807, 2.05) is 28.2 Å². The van der Waals surface area contributed by atoms with Crippen molar-refractivity contribution in [2.75, 3.05) is 0 Å². The van der Waals surface area contributed by atoms with Crippen LogP contribution in [0.25, 0.3) is 22.3 Å². The minimum atomic E-state index is 0. The topological polar surface area (TPSA) is 65.0 Å². The van der Waals surface area contributed by atoms with E-state index in [1.54, 1.807) is 45.3 Å². The molecule has 0 aliphatic carbocycles. The summed E-state index contributed by atoms with van der Waals surface area (Å²) in [6.45, 7) is 0. The van der Waals surface area contributed by atoms with E-state index in [9.17, 15) is 0 Å². The Labute approximate surface area is 341 Å². The first kappa shape index (κ1) is 39.5. The lowest BCUT2D eigenvalue weighted by molar-refractivity contribution is -0.666. The number of fused-ring (bicyclic) bond motifs is 4. The van der Waals surface area contributed by atoms with Crippen molar-refractivity contribution < 1.29 is 67.9 Å². The molecule has 0 saturated heterocycles. The van der Waals surface area contributed by atoms with E-state index in [-0.39, 0.29) is 49.6 Å². The number of rotatable bonds is 4. The van der Waals surface area contributed by atoms with Gasteiger partial charge in [-0.2, -0.15) is 18.3 Å². The van der Waals surface area contributed by atoms with Crippen LogP contribution in [0.4, 0.5) is 0 Å². The third kappa shape index (κ3) is 7.02. The summed E-state index contributed by atoms with van der Waals surface area (Å²) in [4.78, 5) is 25.7. The second-order valence-corrected chi connectivity index (χ2v) is 15.4. The van der Waals surface area contributed by atoms with E-state index in [2.05, 4.69) is 114 Å². The van der Waals surface area contributed by atoms with Crippen molar-refractivity contribution in [3.8, 4) is 0 Å². The monoisotopic (exact) mass is 840 g/mol. The van der Waals surface area contributed by atoms with Crippen molar-refractivity contribution in [1.29, 1.82) is 0 Å². The van der Waals surface area contributed by atoms with Gasteiger partial charge in [-0.1, -0.05) is 45.3 Å². The van der Waals surface area contributed by atoms with E-state index < -0.39 is 0 Å². The van der Waals surface area contributed by atoms with E-state index in [0.29, 0.717) is 0 Å². The van der Waals surface area contributed by atoms with Gasteiger partial charge in [0.25, 0.3) is 0 Å². The molecule has 0 saturated carbocycles. The molecule has 4 aromatic heterocycles. The molecular weight excluding hydrogens is 815 g/mol. The predicted octanol–water partition coefficient (Wildman–Crippen LogP) is -6.75. The average Bonchev–Trinajstić information content (AvgIpc) is 3.89. The lowest BCUT2D eigenvalue weighted by Gasteiger charge is -2.08. The van der Waals surface area contributed by atoms with Crippen LogP contribution in [0, 0.1) is 0 Å². The zero-order chi connectivity index (χ0) is 32.5. The number of nitrogens with zero attached hydrogens (tertiary/aromatic N) is 8. The highest BCUT2D eigenvalue weighted by Gasteiger charge is 2.30. The van der Waals surface area contributed by atoms with Crippen LogP contribution < -0.4 is 67.9 Å². The molecular formula is C36H28Cl4N8S4. The first-order chi connectivity index (χ1) is 23.4. The van der Waals surface area contributed by atoms with Crippen LogP contribution >= 0.6 is 45.3 Å². The summed E-state index contributed by atoms with van der Waals surface area (Å²) in [5.41, 5.74) is 19.5. The van der Waals surface area contributed by atoms with Gasteiger partial charge < -0.3 is 49.6 Å². The molecule has 0 atom stereocenters. The summed E-state index contributed by atoms with van der Waals surface area (Å²) in [7, 11) is 8.20. The fourth-order valence-electron chi connectivity index (χ4n) is 6.13. The fraction of sp³-hybridized carbons (Fsp3) is 0.111. The predicted molar refractivity (Wildman–Crippen MR) is 196 cm³/mol. The molecule has 8 nitrogen and oxygen atoms in total. The SMILES string of the molecule is C[n+]1csc(C2=C3C=CC(=N3)C(c3c[n+](C)cs3)=C3C=CC(=N3)C(c3c[n+](C)cs3)=C3C=CC(=N3)C(c3c[n+](C)cs3)=C3C=CC2=N3)c1.[Cl-].[Cl-].[Cl-].[Cl-].